The van der Waals surface area contributed by atoms with E-state index in [0.29, 0.717) is 13.4 Å². The molecule has 1 heterocycles. The maximum atomic E-state index is 6.19. The highest BCUT2D eigenvalue weighted by Crippen LogP contribution is 2.33. The van der Waals surface area contributed by atoms with Gasteiger partial charge in [0, 0.05) is 0 Å². The molecular weight excluding hydrogens is 266 g/mol. The van der Waals surface area contributed by atoms with Crippen molar-refractivity contribution in [1.29, 1.82) is 0 Å². The first kappa shape index (κ1) is 16.1. The molecule has 118 valence electrons. The van der Waals surface area contributed by atoms with Crippen LogP contribution in [-0.2, 0) is 4.74 Å². The Labute approximate surface area is 127 Å². The number of hydrogen-bond donors (Lipinski definition) is 1. The van der Waals surface area contributed by atoms with Gasteiger partial charge in [-0.25, -0.2) is 0 Å². The van der Waals surface area contributed by atoms with Crippen molar-refractivity contribution in [3.8, 4) is 11.5 Å². The third kappa shape index (κ3) is 4.90. The van der Waals surface area contributed by atoms with Crippen molar-refractivity contribution >= 4 is 0 Å². The molecule has 0 aromatic heterocycles. The van der Waals surface area contributed by atoms with Crippen LogP contribution in [0.1, 0.15) is 57.6 Å². The molecule has 0 fully saturated rings. The third-order valence-corrected chi connectivity index (χ3v) is 3.85. The summed E-state index contributed by atoms with van der Waals surface area (Å²) in [6, 6.07) is 5.71. The van der Waals surface area contributed by atoms with Gasteiger partial charge in [-0.1, -0.05) is 38.7 Å². The summed E-state index contributed by atoms with van der Waals surface area (Å²) in [6.45, 7) is 5.18. The summed E-state index contributed by atoms with van der Waals surface area (Å²) in [6.07, 6.45) is 6.47. The summed E-state index contributed by atoms with van der Waals surface area (Å²) in [5.41, 5.74) is 7.22. The van der Waals surface area contributed by atoms with E-state index in [1.807, 2.05) is 18.2 Å². The second-order valence-corrected chi connectivity index (χ2v) is 5.71. The normalized spacial score (nSPS) is 16.0. The van der Waals surface area contributed by atoms with Gasteiger partial charge in [0.25, 0.3) is 0 Å². The first-order valence-corrected chi connectivity index (χ1v) is 7.97. The van der Waals surface area contributed by atoms with Gasteiger partial charge in [0.15, 0.2) is 11.5 Å². The van der Waals surface area contributed by atoms with E-state index in [1.165, 1.54) is 25.7 Å². The fourth-order valence-corrected chi connectivity index (χ4v) is 2.45. The molecule has 2 rings (SSSR count). The lowest BCUT2D eigenvalue weighted by Gasteiger charge is -2.17. The highest BCUT2D eigenvalue weighted by molar-refractivity contribution is 5.45. The fraction of sp³-hybridized carbons (Fsp3) is 0.647. The molecule has 1 aromatic carbocycles. The summed E-state index contributed by atoms with van der Waals surface area (Å²) in [5.74, 6) is 1.56. The summed E-state index contributed by atoms with van der Waals surface area (Å²) < 4.78 is 16.5. The molecule has 0 saturated carbocycles. The van der Waals surface area contributed by atoms with Gasteiger partial charge in [-0.05, 0) is 31.0 Å². The average molecular weight is 293 g/mol. The lowest BCUT2D eigenvalue weighted by atomic mass is 10.1. The van der Waals surface area contributed by atoms with Crippen molar-refractivity contribution in [2.24, 2.45) is 5.73 Å². The Morgan fingerprint density at radius 3 is 2.81 bits per heavy atom. The van der Waals surface area contributed by atoms with E-state index < -0.39 is 0 Å². The van der Waals surface area contributed by atoms with Gasteiger partial charge in [-0.2, -0.15) is 0 Å². The Morgan fingerprint density at radius 1 is 1.19 bits per heavy atom. The molecule has 2 atom stereocenters. The van der Waals surface area contributed by atoms with E-state index in [4.69, 9.17) is 19.9 Å². The molecule has 0 bridgehead atoms. The van der Waals surface area contributed by atoms with Crippen molar-refractivity contribution < 1.29 is 14.2 Å². The SMILES string of the molecule is CCCCCCC(C)OCC(N)c1ccc2c(c1)OCO2. The standard InChI is InChI=1S/C17H27NO3/c1-3-4-5-6-7-13(2)19-11-15(18)14-8-9-16-17(10-14)21-12-20-16/h8-10,13,15H,3-7,11-12,18H2,1-2H3. The number of hydrogen-bond acceptors (Lipinski definition) is 4. The van der Waals surface area contributed by atoms with Crippen LogP contribution in [0.3, 0.4) is 0 Å². The van der Waals surface area contributed by atoms with Crippen LogP contribution in [0.5, 0.6) is 11.5 Å². The zero-order chi connectivity index (χ0) is 15.1. The van der Waals surface area contributed by atoms with Gasteiger partial charge < -0.3 is 19.9 Å². The zero-order valence-corrected chi connectivity index (χ0v) is 13.1. The molecule has 4 heteroatoms. The van der Waals surface area contributed by atoms with Crippen LogP contribution in [0.4, 0.5) is 0 Å². The predicted octanol–water partition coefficient (Wildman–Crippen LogP) is 3.79. The Kier molecular flexibility index (Phi) is 6.33. The van der Waals surface area contributed by atoms with E-state index in [9.17, 15) is 0 Å². The molecule has 4 nitrogen and oxygen atoms in total. The van der Waals surface area contributed by atoms with Gasteiger partial charge in [-0.15, -0.1) is 0 Å². The van der Waals surface area contributed by atoms with Crippen LogP contribution in [0, 0.1) is 0 Å². The minimum atomic E-state index is -0.127. The van der Waals surface area contributed by atoms with Crippen molar-refractivity contribution in [2.75, 3.05) is 13.4 Å². The smallest absolute Gasteiger partial charge is 0.231 e. The second kappa shape index (κ2) is 8.25. The molecule has 1 aromatic rings. The van der Waals surface area contributed by atoms with Gasteiger partial charge in [-0.3, -0.25) is 0 Å². The van der Waals surface area contributed by atoms with Gasteiger partial charge in [0.2, 0.25) is 6.79 Å². The van der Waals surface area contributed by atoms with E-state index in [2.05, 4.69) is 13.8 Å². The highest BCUT2D eigenvalue weighted by Gasteiger charge is 2.16. The van der Waals surface area contributed by atoms with Crippen molar-refractivity contribution in [2.45, 2.75) is 58.1 Å². The first-order chi connectivity index (χ1) is 10.2. The molecule has 2 unspecified atom stereocenters. The van der Waals surface area contributed by atoms with Crippen LogP contribution in [0.15, 0.2) is 18.2 Å². The number of benzene rings is 1. The highest BCUT2D eigenvalue weighted by atomic mass is 16.7. The minimum Gasteiger partial charge on any atom is -0.454 e. The van der Waals surface area contributed by atoms with Crippen LogP contribution in [0.2, 0.25) is 0 Å². The fourth-order valence-electron chi connectivity index (χ4n) is 2.45. The molecule has 1 aliphatic rings. The van der Waals surface area contributed by atoms with E-state index in [1.54, 1.807) is 0 Å². The Hall–Kier alpha value is -1.26. The Bertz CT molecular complexity index is 436. The third-order valence-electron chi connectivity index (χ3n) is 3.85. The van der Waals surface area contributed by atoms with Crippen LogP contribution >= 0.6 is 0 Å². The maximum Gasteiger partial charge on any atom is 0.231 e. The van der Waals surface area contributed by atoms with Gasteiger partial charge >= 0.3 is 0 Å². The van der Waals surface area contributed by atoms with E-state index in [0.717, 1.165) is 23.5 Å². The lowest BCUT2D eigenvalue weighted by Crippen LogP contribution is -2.20. The summed E-state index contributed by atoms with van der Waals surface area (Å²) >= 11 is 0. The molecule has 0 aliphatic carbocycles. The molecule has 1 aliphatic heterocycles. The molecule has 0 spiro atoms. The topological polar surface area (TPSA) is 53.7 Å². The van der Waals surface area contributed by atoms with Gasteiger partial charge in [0.1, 0.15) is 0 Å². The second-order valence-electron chi connectivity index (χ2n) is 5.71. The van der Waals surface area contributed by atoms with E-state index >= 15 is 0 Å². The largest absolute Gasteiger partial charge is 0.454 e. The van der Waals surface area contributed by atoms with Crippen LogP contribution in [0.25, 0.3) is 0 Å². The summed E-state index contributed by atoms with van der Waals surface area (Å²) in [4.78, 5) is 0. The number of fused-ring (bicyclic) bond motifs is 1. The quantitative estimate of drug-likeness (QED) is 0.704. The molecule has 0 radical (unpaired) electrons. The molecule has 2 N–H and O–H groups in total. The Morgan fingerprint density at radius 2 is 2.00 bits per heavy atom. The number of nitrogens with two attached hydrogens (primary N) is 1. The minimum absolute atomic E-state index is 0.127. The Balaban J connectivity index is 1.72. The zero-order valence-electron chi connectivity index (χ0n) is 13.1. The number of rotatable bonds is 9. The average Bonchev–Trinajstić information content (AvgIpc) is 2.96. The van der Waals surface area contributed by atoms with Crippen molar-refractivity contribution in [3.63, 3.8) is 0 Å². The number of unbranched alkanes of at least 4 members (excludes halogenated alkanes) is 3. The maximum absolute atomic E-state index is 6.19. The summed E-state index contributed by atoms with van der Waals surface area (Å²) in [7, 11) is 0. The van der Waals surface area contributed by atoms with Crippen molar-refractivity contribution in [1.82, 2.24) is 0 Å². The molecular formula is C17H27NO3. The molecule has 21 heavy (non-hydrogen) atoms. The lowest BCUT2D eigenvalue weighted by molar-refractivity contribution is 0.0490. The van der Waals surface area contributed by atoms with Crippen molar-refractivity contribution in [3.05, 3.63) is 23.8 Å². The van der Waals surface area contributed by atoms with Gasteiger partial charge in [0.05, 0.1) is 18.8 Å². The first-order valence-electron chi connectivity index (χ1n) is 7.97. The monoisotopic (exact) mass is 293 g/mol. The van der Waals surface area contributed by atoms with Crippen LogP contribution < -0.4 is 15.2 Å². The molecule has 0 amide bonds. The van der Waals surface area contributed by atoms with Crippen LogP contribution in [-0.4, -0.2) is 19.5 Å². The molecule has 0 saturated heterocycles. The summed E-state index contributed by atoms with van der Waals surface area (Å²) in [5, 5.41) is 0. The number of ether oxygens (including phenoxy) is 3. The predicted molar refractivity (Wildman–Crippen MR) is 83.7 cm³/mol. The van der Waals surface area contributed by atoms with E-state index in [-0.39, 0.29) is 12.1 Å².